The zero-order valence-corrected chi connectivity index (χ0v) is 13.7. The Labute approximate surface area is 129 Å². The number of nitrogens with zero attached hydrogens (tertiary/aromatic N) is 1. The minimum Gasteiger partial charge on any atom is -0.333 e. The lowest BCUT2D eigenvalue weighted by Crippen LogP contribution is -2.50. The molecule has 2 atom stereocenters. The third-order valence-corrected chi connectivity index (χ3v) is 5.35. The van der Waals surface area contributed by atoms with Crippen molar-refractivity contribution in [1.29, 1.82) is 0 Å². The normalized spacial score (nSPS) is 29.6. The van der Waals surface area contributed by atoms with Gasteiger partial charge in [0.2, 0.25) is 0 Å². The van der Waals surface area contributed by atoms with Gasteiger partial charge in [-0.05, 0) is 59.8 Å². The van der Waals surface area contributed by atoms with E-state index in [1.807, 2.05) is 18.2 Å². The lowest BCUT2D eigenvalue weighted by molar-refractivity contribution is 0.0574. The predicted molar refractivity (Wildman–Crippen MR) is 82.0 cm³/mol. The molecule has 2 heterocycles. The lowest BCUT2D eigenvalue weighted by atomic mass is 9.97. The summed E-state index contributed by atoms with van der Waals surface area (Å²) in [6.07, 6.45) is 4.06. The molecule has 0 aromatic heterocycles. The van der Waals surface area contributed by atoms with Gasteiger partial charge in [-0.1, -0.05) is 15.9 Å². The molecule has 1 aromatic rings. The van der Waals surface area contributed by atoms with Crippen LogP contribution in [0, 0.1) is 0 Å². The summed E-state index contributed by atoms with van der Waals surface area (Å²) < 4.78 is 1.79. The van der Waals surface area contributed by atoms with Crippen LogP contribution in [0.4, 0.5) is 0 Å². The molecule has 0 aliphatic carbocycles. The molecule has 2 unspecified atom stereocenters. The summed E-state index contributed by atoms with van der Waals surface area (Å²) in [7, 11) is 0. The van der Waals surface area contributed by atoms with Gasteiger partial charge in [0.1, 0.15) is 0 Å². The molecule has 2 aliphatic rings. The van der Waals surface area contributed by atoms with Gasteiger partial charge in [-0.15, -0.1) is 0 Å². The van der Waals surface area contributed by atoms with Crippen LogP contribution in [0.1, 0.15) is 36.0 Å². The number of amides is 1. The molecule has 2 bridgehead atoms. The van der Waals surface area contributed by atoms with Crippen molar-refractivity contribution >= 4 is 37.8 Å². The average molecular weight is 388 g/mol. The maximum Gasteiger partial charge on any atom is 0.255 e. The largest absolute Gasteiger partial charge is 0.333 e. The number of hydrogen-bond acceptors (Lipinski definition) is 2. The lowest BCUT2D eigenvalue weighted by Gasteiger charge is -2.38. The van der Waals surface area contributed by atoms with Crippen LogP contribution in [0.15, 0.2) is 27.1 Å². The van der Waals surface area contributed by atoms with E-state index in [2.05, 4.69) is 36.8 Å². The van der Waals surface area contributed by atoms with E-state index in [0.29, 0.717) is 12.1 Å². The fourth-order valence-electron chi connectivity index (χ4n) is 3.35. The van der Waals surface area contributed by atoms with Gasteiger partial charge in [0.25, 0.3) is 5.91 Å². The van der Waals surface area contributed by atoms with Crippen molar-refractivity contribution in [2.45, 2.75) is 43.8 Å². The molecule has 2 N–H and O–H groups in total. The Morgan fingerprint density at radius 2 is 1.84 bits per heavy atom. The quantitative estimate of drug-likeness (QED) is 0.803. The summed E-state index contributed by atoms with van der Waals surface area (Å²) in [6.45, 7) is 0. The van der Waals surface area contributed by atoms with Crippen molar-refractivity contribution < 1.29 is 4.79 Å². The van der Waals surface area contributed by atoms with Gasteiger partial charge in [-0.2, -0.15) is 0 Å². The fraction of sp³-hybridized carbons (Fsp3) is 0.500. The number of hydrogen-bond donors (Lipinski definition) is 1. The van der Waals surface area contributed by atoms with Gasteiger partial charge in [0.05, 0.1) is 5.56 Å². The minimum absolute atomic E-state index is 0.132. The highest BCUT2D eigenvalue weighted by Crippen LogP contribution is 2.37. The summed E-state index contributed by atoms with van der Waals surface area (Å²) in [6, 6.07) is 6.64. The van der Waals surface area contributed by atoms with Crippen LogP contribution in [0.3, 0.4) is 0 Å². The maximum atomic E-state index is 12.8. The molecule has 5 heteroatoms. The Morgan fingerprint density at radius 1 is 1.21 bits per heavy atom. The van der Waals surface area contributed by atoms with E-state index in [0.717, 1.165) is 40.2 Å². The van der Waals surface area contributed by atoms with E-state index in [1.54, 1.807) is 0 Å². The SMILES string of the molecule is NC1CC2CCC(C1)N2C(=O)c1cc(Br)ccc1Br. The van der Waals surface area contributed by atoms with Crippen molar-refractivity contribution in [1.82, 2.24) is 4.90 Å². The summed E-state index contributed by atoms with van der Waals surface area (Å²) in [5.74, 6) is 0.132. The minimum atomic E-state index is 0.132. The van der Waals surface area contributed by atoms with Gasteiger partial charge in [-0.3, -0.25) is 4.79 Å². The van der Waals surface area contributed by atoms with Crippen LogP contribution in [-0.4, -0.2) is 28.9 Å². The molecular formula is C14H16Br2N2O. The van der Waals surface area contributed by atoms with Crippen molar-refractivity contribution in [2.75, 3.05) is 0 Å². The van der Waals surface area contributed by atoms with E-state index in [9.17, 15) is 4.79 Å². The highest BCUT2D eigenvalue weighted by Gasteiger charge is 2.42. The first-order valence-corrected chi connectivity index (χ1v) is 8.18. The molecule has 2 fully saturated rings. The summed E-state index contributed by atoms with van der Waals surface area (Å²) >= 11 is 6.91. The molecule has 1 amide bonds. The first-order valence-electron chi connectivity index (χ1n) is 6.59. The Kier molecular flexibility index (Phi) is 3.71. The second-order valence-electron chi connectivity index (χ2n) is 5.45. The van der Waals surface area contributed by atoms with E-state index in [1.165, 1.54) is 0 Å². The number of benzene rings is 1. The smallest absolute Gasteiger partial charge is 0.255 e. The van der Waals surface area contributed by atoms with Gasteiger partial charge < -0.3 is 10.6 Å². The molecule has 102 valence electrons. The van der Waals surface area contributed by atoms with Crippen LogP contribution in [0.5, 0.6) is 0 Å². The van der Waals surface area contributed by atoms with E-state index < -0.39 is 0 Å². The van der Waals surface area contributed by atoms with E-state index in [4.69, 9.17) is 5.73 Å². The van der Waals surface area contributed by atoms with Crippen LogP contribution < -0.4 is 5.73 Å². The number of rotatable bonds is 1. The number of piperidine rings is 1. The third-order valence-electron chi connectivity index (χ3n) is 4.16. The molecule has 2 aliphatic heterocycles. The molecule has 1 aromatic carbocycles. The monoisotopic (exact) mass is 386 g/mol. The topological polar surface area (TPSA) is 46.3 Å². The molecule has 19 heavy (non-hydrogen) atoms. The molecule has 3 rings (SSSR count). The standard InChI is InChI=1S/C14H16Br2N2O/c15-8-1-4-13(16)12(5-8)14(19)18-10-2-3-11(18)7-9(17)6-10/h1,4-5,9-11H,2-3,6-7,17H2. The van der Waals surface area contributed by atoms with Gasteiger partial charge >= 0.3 is 0 Å². The van der Waals surface area contributed by atoms with Crippen molar-refractivity contribution in [3.63, 3.8) is 0 Å². The Hall–Kier alpha value is -0.390. The highest BCUT2D eigenvalue weighted by molar-refractivity contribution is 9.11. The molecular weight excluding hydrogens is 372 g/mol. The van der Waals surface area contributed by atoms with Crippen LogP contribution >= 0.6 is 31.9 Å². The molecule has 0 radical (unpaired) electrons. The van der Waals surface area contributed by atoms with Gasteiger partial charge in [0.15, 0.2) is 0 Å². The Bertz CT molecular complexity index is 506. The van der Waals surface area contributed by atoms with Gasteiger partial charge in [-0.25, -0.2) is 0 Å². The number of nitrogens with two attached hydrogens (primary N) is 1. The zero-order valence-electron chi connectivity index (χ0n) is 10.5. The highest BCUT2D eigenvalue weighted by atomic mass is 79.9. The summed E-state index contributed by atoms with van der Waals surface area (Å²) in [5.41, 5.74) is 6.79. The van der Waals surface area contributed by atoms with Crippen molar-refractivity contribution in [2.24, 2.45) is 5.73 Å². The first kappa shape index (κ1) is 13.6. The molecule has 0 spiro atoms. The first-order chi connectivity index (χ1) is 9.06. The third kappa shape index (κ3) is 2.48. The number of halogens is 2. The second kappa shape index (κ2) is 5.19. The van der Waals surface area contributed by atoms with Crippen LogP contribution in [0.2, 0.25) is 0 Å². The fourth-order valence-corrected chi connectivity index (χ4v) is 4.13. The predicted octanol–water partition coefficient (Wildman–Crippen LogP) is 3.31. The zero-order chi connectivity index (χ0) is 13.6. The van der Waals surface area contributed by atoms with E-state index >= 15 is 0 Å². The molecule has 2 saturated heterocycles. The molecule has 3 nitrogen and oxygen atoms in total. The van der Waals surface area contributed by atoms with E-state index in [-0.39, 0.29) is 11.9 Å². The number of carbonyl (C=O) groups is 1. The van der Waals surface area contributed by atoms with Crippen LogP contribution in [-0.2, 0) is 0 Å². The van der Waals surface area contributed by atoms with Crippen LogP contribution in [0.25, 0.3) is 0 Å². The summed E-state index contributed by atoms with van der Waals surface area (Å²) in [5, 5.41) is 0. The molecule has 0 saturated carbocycles. The van der Waals surface area contributed by atoms with Crippen molar-refractivity contribution in [3.05, 3.63) is 32.7 Å². The van der Waals surface area contributed by atoms with Crippen molar-refractivity contribution in [3.8, 4) is 0 Å². The second-order valence-corrected chi connectivity index (χ2v) is 7.22. The maximum absolute atomic E-state index is 12.8. The number of fused-ring (bicyclic) bond motifs is 2. The average Bonchev–Trinajstić information content (AvgIpc) is 2.64. The summed E-state index contributed by atoms with van der Waals surface area (Å²) in [4.78, 5) is 14.8. The van der Waals surface area contributed by atoms with Gasteiger partial charge in [0, 0.05) is 27.1 Å². The Morgan fingerprint density at radius 3 is 2.47 bits per heavy atom. The number of carbonyl (C=O) groups excluding carboxylic acids is 1. The Balaban J connectivity index is 1.90.